The minimum absolute atomic E-state index is 0. The molecule has 0 saturated carbocycles. The van der Waals surface area contributed by atoms with Crippen LogP contribution in [0.15, 0.2) is 15.8 Å². The van der Waals surface area contributed by atoms with Gasteiger partial charge in [0, 0.05) is 48.9 Å². The zero-order valence-corrected chi connectivity index (χ0v) is 18.4. The Labute approximate surface area is 169 Å². The molecule has 0 aliphatic rings. The van der Waals surface area contributed by atoms with Crippen molar-refractivity contribution in [1.82, 2.24) is 20.6 Å². The molecule has 2 aromatic rings. The highest BCUT2D eigenvalue weighted by atomic mass is 127. The second-order valence-electron chi connectivity index (χ2n) is 5.28. The maximum atomic E-state index is 4.63. The highest BCUT2D eigenvalue weighted by molar-refractivity contribution is 14.0. The smallest absolute Gasteiger partial charge is 0.191 e. The van der Waals surface area contributed by atoms with E-state index >= 15 is 0 Å². The predicted molar refractivity (Wildman–Crippen MR) is 115 cm³/mol. The van der Waals surface area contributed by atoms with Gasteiger partial charge >= 0.3 is 0 Å². The summed E-state index contributed by atoms with van der Waals surface area (Å²) >= 11 is 3.44. The molecule has 0 unspecified atom stereocenters. The van der Waals surface area contributed by atoms with Gasteiger partial charge in [0.15, 0.2) is 5.96 Å². The van der Waals surface area contributed by atoms with E-state index in [0.717, 1.165) is 61.3 Å². The second kappa shape index (κ2) is 11.8. The SMILES string of the molecule is CCNC(=NCCCc1nc(C)cs1)NCCc1csc(C)n1.I. The molecule has 0 bridgehead atoms. The van der Waals surface area contributed by atoms with Crippen LogP contribution in [0.2, 0.25) is 0 Å². The first-order chi connectivity index (χ1) is 11.2. The summed E-state index contributed by atoms with van der Waals surface area (Å²) in [5.41, 5.74) is 2.26. The standard InChI is InChI=1S/C16H25N5S2.HI/c1-4-17-16(19-9-7-14-11-22-13(3)21-14)18-8-5-6-15-20-12(2)10-23-15;/h10-11H,4-9H2,1-3H3,(H2,17,18,19);1H. The van der Waals surface area contributed by atoms with Crippen molar-refractivity contribution < 1.29 is 0 Å². The van der Waals surface area contributed by atoms with Crippen LogP contribution in [-0.4, -0.2) is 35.6 Å². The lowest BCUT2D eigenvalue weighted by Crippen LogP contribution is -2.38. The molecule has 8 heteroatoms. The Hall–Kier alpha value is -0.740. The number of halogens is 1. The average molecular weight is 479 g/mol. The molecule has 0 aliphatic carbocycles. The van der Waals surface area contributed by atoms with Crippen molar-refractivity contribution in [2.75, 3.05) is 19.6 Å². The summed E-state index contributed by atoms with van der Waals surface area (Å²) in [5, 5.41) is 13.2. The van der Waals surface area contributed by atoms with Crippen molar-refractivity contribution in [3.05, 3.63) is 32.2 Å². The van der Waals surface area contributed by atoms with Crippen molar-refractivity contribution in [3.63, 3.8) is 0 Å². The van der Waals surface area contributed by atoms with Crippen molar-refractivity contribution in [2.24, 2.45) is 4.99 Å². The molecule has 0 atom stereocenters. The molecule has 2 heterocycles. The van der Waals surface area contributed by atoms with Crippen molar-refractivity contribution in [3.8, 4) is 0 Å². The Morgan fingerprint density at radius 3 is 2.58 bits per heavy atom. The summed E-state index contributed by atoms with van der Waals surface area (Å²) in [6.07, 6.45) is 2.95. The summed E-state index contributed by atoms with van der Waals surface area (Å²) in [7, 11) is 0. The third kappa shape index (κ3) is 7.89. The fourth-order valence-electron chi connectivity index (χ4n) is 2.11. The van der Waals surface area contributed by atoms with E-state index in [1.54, 1.807) is 22.7 Å². The number of nitrogens with one attached hydrogen (secondary N) is 2. The van der Waals surface area contributed by atoms with Gasteiger partial charge in [-0.25, -0.2) is 9.97 Å². The largest absolute Gasteiger partial charge is 0.357 e. The topological polar surface area (TPSA) is 62.2 Å². The number of aliphatic imine (C=N–C) groups is 1. The molecule has 2 N–H and O–H groups in total. The van der Waals surface area contributed by atoms with E-state index in [-0.39, 0.29) is 24.0 Å². The lowest BCUT2D eigenvalue weighted by Gasteiger charge is -2.10. The number of hydrogen-bond donors (Lipinski definition) is 2. The van der Waals surface area contributed by atoms with Crippen LogP contribution in [0.3, 0.4) is 0 Å². The highest BCUT2D eigenvalue weighted by Gasteiger charge is 2.01. The van der Waals surface area contributed by atoms with Gasteiger partial charge in [-0.2, -0.15) is 0 Å². The summed E-state index contributed by atoms with van der Waals surface area (Å²) in [6, 6.07) is 0. The van der Waals surface area contributed by atoms with Gasteiger partial charge in [-0.05, 0) is 27.2 Å². The molecule has 0 aromatic carbocycles. The molecular weight excluding hydrogens is 453 g/mol. The van der Waals surface area contributed by atoms with Gasteiger partial charge in [0.1, 0.15) is 0 Å². The van der Waals surface area contributed by atoms with Crippen LogP contribution in [-0.2, 0) is 12.8 Å². The summed E-state index contributed by atoms with van der Waals surface area (Å²) < 4.78 is 0. The Kier molecular flexibility index (Phi) is 10.4. The minimum Gasteiger partial charge on any atom is -0.357 e. The summed E-state index contributed by atoms with van der Waals surface area (Å²) in [4.78, 5) is 13.6. The first kappa shape index (κ1) is 21.3. The third-order valence-corrected chi connectivity index (χ3v) is 5.02. The number of hydrogen-bond acceptors (Lipinski definition) is 5. The van der Waals surface area contributed by atoms with Gasteiger partial charge in [0.2, 0.25) is 0 Å². The van der Waals surface area contributed by atoms with Crippen LogP contribution in [0, 0.1) is 13.8 Å². The minimum atomic E-state index is 0. The van der Waals surface area contributed by atoms with E-state index in [1.165, 1.54) is 5.01 Å². The maximum Gasteiger partial charge on any atom is 0.191 e. The number of aromatic nitrogens is 2. The second-order valence-corrected chi connectivity index (χ2v) is 7.29. The quantitative estimate of drug-likeness (QED) is 0.263. The lowest BCUT2D eigenvalue weighted by molar-refractivity contribution is 0.769. The Balaban J connectivity index is 0.00000288. The molecule has 24 heavy (non-hydrogen) atoms. The van der Waals surface area contributed by atoms with Gasteiger partial charge in [0.25, 0.3) is 0 Å². The van der Waals surface area contributed by atoms with Gasteiger partial charge < -0.3 is 10.6 Å². The fraction of sp³-hybridized carbons (Fsp3) is 0.562. The van der Waals surface area contributed by atoms with Crippen LogP contribution in [0.1, 0.15) is 34.7 Å². The first-order valence-corrected chi connectivity index (χ1v) is 9.77. The van der Waals surface area contributed by atoms with Crippen molar-refractivity contribution in [1.29, 1.82) is 0 Å². The van der Waals surface area contributed by atoms with Gasteiger partial charge in [-0.15, -0.1) is 46.7 Å². The Morgan fingerprint density at radius 1 is 1.12 bits per heavy atom. The van der Waals surface area contributed by atoms with Gasteiger partial charge in [-0.3, -0.25) is 4.99 Å². The molecule has 0 aliphatic heterocycles. The van der Waals surface area contributed by atoms with E-state index in [9.17, 15) is 0 Å². The fourth-order valence-corrected chi connectivity index (χ4v) is 3.58. The molecule has 0 fully saturated rings. The molecule has 0 radical (unpaired) electrons. The zero-order valence-electron chi connectivity index (χ0n) is 14.5. The molecule has 2 aromatic heterocycles. The number of guanidine groups is 1. The number of aryl methyl sites for hydroxylation is 3. The van der Waals surface area contributed by atoms with E-state index in [2.05, 4.69) is 43.3 Å². The van der Waals surface area contributed by atoms with E-state index < -0.39 is 0 Å². The summed E-state index contributed by atoms with van der Waals surface area (Å²) in [5.74, 6) is 0.884. The number of thiazole rings is 2. The maximum absolute atomic E-state index is 4.63. The Morgan fingerprint density at radius 2 is 1.96 bits per heavy atom. The van der Waals surface area contributed by atoms with Crippen LogP contribution in [0.4, 0.5) is 0 Å². The normalized spacial score (nSPS) is 11.2. The van der Waals surface area contributed by atoms with Crippen LogP contribution >= 0.6 is 46.7 Å². The molecule has 0 spiro atoms. The van der Waals surface area contributed by atoms with Crippen LogP contribution < -0.4 is 10.6 Å². The van der Waals surface area contributed by atoms with E-state index in [4.69, 9.17) is 0 Å². The molecule has 5 nitrogen and oxygen atoms in total. The average Bonchev–Trinajstić information content (AvgIpc) is 3.12. The van der Waals surface area contributed by atoms with Crippen LogP contribution in [0.25, 0.3) is 0 Å². The summed E-state index contributed by atoms with van der Waals surface area (Å²) in [6.45, 7) is 8.68. The van der Waals surface area contributed by atoms with Gasteiger partial charge in [-0.1, -0.05) is 0 Å². The lowest BCUT2D eigenvalue weighted by atomic mass is 10.3. The molecular formula is C16H26IN5S2. The van der Waals surface area contributed by atoms with Crippen molar-refractivity contribution >= 4 is 52.6 Å². The number of rotatable bonds is 8. The van der Waals surface area contributed by atoms with Crippen LogP contribution in [0.5, 0.6) is 0 Å². The third-order valence-electron chi connectivity index (χ3n) is 3.17. The molecule has 0 amide bonds. The molecule has 2 rings (SSSR count). The monoisotopic (exact) mass is 479 g/mol. The predicted octanol–water partition coefficient (Wildman–Crippen LogP) is 3.56. The zero-order chi connectivity index (χ0) is 16.5. The first-order valence-electron chi connectivity index (χ1n) is 8.01. The van der Waals surface area contributed by atoms with E-state index in [1.807, 2.05) is 13.8 Å². The van der Waals surface area contributed by atoms with Crippen molar-refractivity contribution in [2.45, 2.75) is 40.0 Å². The number of nitrogens with zero attached hydrogens (tertiary/aromatic N) is 3. The highest BCUT2D eigenvalue weighted by Crippen LogP contribution is 2.10. The van der Waals surface area contributed by atoms with E-state index in [0.29, 0.717) is 0 Å². The molecule has 134 valence electrons. The van der Waals surface area contributed by atoms with Gasteiger partial charge in [0.05, 0.1) is 15.7 Å². The molecule has 0 saturated heterocycles. The Bertz CT molecular complexity index is 624.